The van der Waals surface area contributed by atoms with Gasteiger partial charge in [-0.1, -0.05) is 243 Å². The van der Waals surface area contributed by atoms with Gasteiger partial charge in [0.2, 0.25) is 5.91 Å². The van der Waals surface area contributed by atoms with Crippen molar-refractivity contribution >= 4 is 19.7 Å². The van der Waals surface area contributed by atoms with Crippen LogP contribution in [0.25, 0.3) is 0 Å². The Bertz CT molecular complexity index is 1840. The van der Waals surface area contributed by atoms with Crippen LogP contribution in [-0.4, -0.2) is 69.4 Å². The van der Waals surface area contributed by atoms with Crippen molar-refractivity contribution in [2.45, 2.75) is 200 Å². The standard InChI is InChI=1S/C65H105N2O7P/c1-7-10-13-16-19-22-25-28-30-32-33-35-37-40-43-46-49-52-55-58-65(69)74-63(56-53-50-47-44-41-38-27-24-21-18-15-12-9-3)62(61-73-75(70,71)72-60-59-67(4,5)6)66-64(68)57-54-51-48-45-42-39-36-34-31-29-26-23-20-17-14-11-8-2/h10-11,13-14,17,19-20,22-23,26,28-31,33-36,39-40,42-43,49,52-53,56,62-63H,7-9,12,15-16,18,21,24-25,27,32,37-38,41,44-48,50-51,54-55,57-61H2,1-6H3,(H-,66,68,70,71)/b13-10-,14-11-,20-17+,22-19-,26-23+,30-28-,31-29-,35-33-,36-34+,42-39+,43-40-,52-49-,56-53+. The van der Waals surface area contributed by atoms with Crippen molar-refractivity contribution in [2.75, 3.05) is 40.9 Å². The summed E-state index contributed by atoms with van der Waals surface area (Å²) >= 11 is 0. The number of phosphoric acid groups is 1. The molecule has 75 heavy (non-hydrogen) atoms. The van der Waals surface area contributed by atoms with Crippen LogP contribution in [0.15, 0.2) is 158 Å². The fraction of sp³-hybridized carbons (Fsp3) is 0.569. The van der Waals surface area contributed by atoms with Gasteiger partial charge in [0, 0.05) is 12.8 Å². The molecule has 0 saturated carbocycles. The van der Waals surface area contributed by atoms with Gasteiger partial charge >= 0.3 is 5.97 Å². The second-order valence-electron chi connectivity index (χ2n) is 19.8. The zero-order valence-electron chi connectivity index (χ0n) is 47.9. The predicted octanol–water partition coefficient (Wildman–Crippen LogP) is 17.0. The molecule has 10 heteroatoms. The Kier molecular flexibility index (Phi) is 50.0. The number of likely N-dealkylation sites (N-methyl/N-ethyl adjacent to an activating group) is 1. The third-order valence-corrected chi connectivity index (χ3v) is 12.6. The van der Waals surface area contributed by atoms with Gasteiger partial charge in [-0.05, 0) is 89.5 Å². The normalized spacial score (nSPS) is 14.9. The molecule has 0 saturated heterocycles. The molecule has 0 spiro atoms. The molecule has 0 rings (SSSR count). The van der Waals surface area contributed by atoms with E-state index in [-0.39, 0.29) is 25.4 Å². The van der Waals surface area contributed by atoms with E-state index in [4.69, 9.17) is 13.8 Å². The van der Waals surface area contributed by atoms with Crippen LogP contribution in [0, 0.1) is 0 Å². The van der Waals surface area contributed by atoms with Gasteiger partial charge < -0.3 is 28.5 Å². The van der Waals surface area contributed by atoms with Gasteiger partial charge in [0.05, 0.1) is 33.8 Å². The zero-order chi connectivity index (χ0) is 55.0. The lowest BCUT2D eigenvalue weighted by atomic mass is 10.0. The molecule has 0 aromatic rings. The molecule has 0 aliphatic heterocycles. The summed E-state index contributed by atoms with van der Waals surface area (Å²) in [6, 6.07) is -0.955. The fourth-order valence-corrected chi connectivity index (χ4v) is 7.95. The van der Waals surface area contributed by atoms with E-state index in [1.165, 1.54) is 57.8 Å². The molecule has 9 nitrogen and oxygen atoms in total. The van der Waals surface area contributed by atoms with Crippen molar-refractivity contribution in [3.05, 3.63) is 158 Å². The lowest BCUT2D eigenvalue weighted by Crippen LogP contribution is -2.47. The SMILES string of the molecule is CC\C=C/C=C/C=C/C=C\C=C\C=C\CCCCCC(=O)NC(COP(=O)([O-])OCC[N+](C)(C)C)C(/C=C/CCCCCCCCCCCCC)OC(=O)CC/C=C\C/C=C\C/C=C\C/C=C\C/C=C\C/C=C\CC. The highest BCUT2D eigenvalue weighted by Gasteiger charge is 2.27. The third-order valence-electron chi connectivity index (χ3n) is 11.6. The van der Waals surface area contributed by atoms with Crippen molar-refractivity contribution < 1.29 is 37.3 Å². The van der Waals surface area contributed by atoms with Crippen LogP contribution >= 0.6 is 7.82 Å². The van der Waals surface area contributed by atoms with E-state index in [0.717, 1.165) is 83.5 Å². The van der Waals surface area contributed by atoms with E-state index < -0.39 is 32.5 Å². The topological polar surface area (TPSA) is 114 Å². The van der Waals surface area contributed by atoms with Crippen LogP contribution in [-0.2, 0) is 27.9 Å². The number of nitrogens with zero attached hydrogens (tertiary/aromatic N) is 1. The summed E-state index contributed by atoms with van der Waals surface area (Å²) in [5, 5.41) is 2.97. The van der Waals surface area contributed by atoms with Crippen LogP contribution < -0.4 is 10.2 Å². The number of esters is 1. The monoisotopic (exact) mass is 1060 g/mol. The molecule has 0 bridgehead atoms. The number of carbonyl (C=O) groups is 2. The number of rotatable bonds is 49. The minimum absolute atomic E-state index is 0.0526. The summed E-state index contributed by atoms with van der Waals surface area (Å²) in [5.74, 6) is -0.706. The largest absolute Gasteiger partial charge is 0.756 e. The number of carbonyl (C=O) groups excluding carboxylic acids is 2. The summed E-state index contributed by atoms with van der Waals surface area (Å²) in [6.07, 6.45) is 77.9. The Morgan fingerprint density at radius 1 is 0.493 bits per heavy atom. The highest BCUT2D eigenvalue weighted by atomic mass is 31.2. The number of quaternary nitrogens is 1. The molecular formula is C65H105N2O7P. The van der Waals surface area contributed by atoms with Gasteiger partial charge in [0.25, 0.3) is 7.82 Å². The van der Waals surface area contributed by atoms with E-state index in [2.05, 4.69) is 99.0 Å². The van der Waals surface area contributed by atoms with Crippen molar-refractivity contribution in [3.8, 4) is 0 Å². The molecule has 1 N–H and O–H groups in total. The van der Waals surface area contributed by atoms with E-state index in [1.807, 2.05) is 100 Å². The molecule has 3 unspecified atom stereocenters. The summed E-state index contributed by atoms with van der Waals surface area (Å²) in [5.41, 5.74) is 0. The lowest BCUT2D eigenvalue weighted by molar-refractivity contribution is -0.870. The van der Waals surface area contributed by atoms with Crippen LogP contribution in [0.5, 0.6) is 0 Å². The Morgan fingerprint density at radius 2 is 0.933 bits per heavy atom. The first kappa shape index (κ1) is 70.6. The first-order valence-electron chi connectivity index (χ1n) is 28.9. The minimum Gasteiger partial charge on any atom is -0.756 e. The lowest BCUT2D eigenvalue weighted by Gasteiger charge is -2.30. The number of ether oxygens (including phenoxy) is 1. The molecule has 0 radical (unpaired) electrons. The number of phosphoric ester groups is 1. The number of amides is 1. The molecular weight excluding hydrogens is 952 g/mol. The van der Waals surface area contributed by atoms with Crippen molar-refractivity contribution in [1.29, 1.82) is 0 Å². The van der Waals surface area contributed by atoms with E-state index in [9.17, 15) is 19.0 Å². The van der Waals surface area contributed by atoms with E-state index in [1.54, 1.807) is 6.08 Å². The first-order valence-corrected chi connectivity index (χ1v) is 30.3. The molecule has 1 amide bonds. The summed E-state index contributed by atoms with van der Waals surface area (Å²) in [6.45, 7) is 6.46. The van der Waals surface area contributed by atoms with Gasteiger partial charge in [-0.25, -0.2) is 0 Å². The van der Waals surface area contributed by atoms with Gasteiger partial charge in [0.15, 0.2) is 0 Å². The third kappa shape index (κ3) is 54.2. The summed E-state index contributed by atoms with van der Waals surface area (Å²) in [7, 11) is 1.08. The molecule has 3 atom stereocenters. The average Bonchev–Trinajstić information content (AvgIpc) is 3.37. The maximum Gasteiger partial charge on any atom is 0.306 e. The number of unbranched alkanes of at least 4 members (excludes halogenated alkanes) is 14. The number of hydrogen-bond acceptors (Lipinski definition) is 7. The second kappa shape index (κ2) is 53.0. The van der Waals surface area contributed by atoms with Gasteiger partial charge in [-0.15, -0.1) is 0 Å². The number of hydrogen-bond donors (Lipinski definition) is 1. The predicted molar refractivity (Wildman–Crippen MR) is 320 cm³/mol. The highest BCUT2D eigenvalue weighted by Crippen LogP contribution is 2.38. The van der Waals surface area contributed by atoms with Gasteiger partial charge in [-0.2, -0.15) is 0 Å². The van der Waals surface area contributed by atoms with E-state index in [0.29, 0.717) is 23.9 Å². The van der Waals surface area contributed by atoms with Crippen LogP contribution in [0.1, 0.15) is 188 Å². The maximum atomic E-state index is 13.5. The Balaban J connectivity index is 5.60. The highest BCUT2D eigenvalue weighted by molar-refractivity contribution is 7.45. The maximum absolute atomic E-state index is 13.5. The first-order chi connectivity index (χ1) is 36.4. The fourth-order valence-electron chi connectivity index (χ4n) is 7.22. The average molecular weight is 1060 g/mol. The number of nitrogens with one attached hydrogen (secondary N) is 1. The Morgan fingerprint density at radius 3 is 1.44 bits per heavy atom. The molecule has 0 aliphatic rings. The summed E-state index contributed by atoms with van der Waals surface area (Å²) < 4.78 is 30.1. The van der Waals surface area contributed by atoms with Gasteiger partial charge in [-0.3, -0.25) is 14.2 Å². The second-order valence-corrected chi connectivity index (χ2v) is 21.2. The van der Waals surface area contributed by atoms with Crippen LogP contribution in [0.2, 0.25) is 0 Å². The van der Waals surface area contributed by atoms with Crippen LogP contribution in [0.4, 0.5) is 0 Å². The van der Waals surface area contributed by atoms with Crippen molar-refractivity contribution in [1.82, 2.24) is 5.32 Å². The molecule has 422 valence electrons. The van der Waals surface area contributed by atoms with Crippen molar-refractivity contribution in [3.63, 3.8) is 0 Å². The quantitative estimate of drug-likeness (QED) is 0.0161. The zero-order valence-corrected chi connectivity index (χ0v) is 48.8. The number of allylic oxidation sites excluding steroid dienone is 25. The molecule has 0 aromatic carbocycles. The van der Waals surface area contributed by atoms with Gasteiger partial charge in [0.1, 0.15) is 19.3 Å². The van der Waals surface area contributed by atoms with E-state index >= 15 is 0 Å². The molecule has 0 heterocycles. The van der Waals surface area contributed by atoms with Crippen molar-refractivity contribution in [2.24, 2.45) is 0 Å². The molecule has 0 fully saturated rings. The summed E-state index contributed by atoms with van der Waals surface area (Å²) in [4.78, 5) is 39.9. The molecule has 0 aliphatic carbocycles. The van der Waals surface area contributed by atoms with Crippen LogP contribution in [0.3, 0.4) is 0 Å². The molecule has 0 aromatic heterocycles. The Labute approximate surface area is 459 Å². The minimum atomic E-state index is -4.74. The Hall–Kier alpha value is -4.37. The smallest absolute Gasteiger partial charge is 0.306 e.